The van der Waals surface area contributed by atoms with Crippen LogP contribution in [0.5, 0.6) is 0 Å². The lowest BCUT2D eigenvalue weighted by Gasteiger charge is -2.28. The van der Waals surface area contributed by atoms with Gasteiger partial charge in [-0.25, -0.2) is 0 Å². The number of hydrogen-bond donors (Lipinski definition) is 2. The molecule has 1 atom stereocenters. The predicted octanol–water partition coefficient (Wildman–Crippen LogP) is 1.51. The normalized spacial score (nSPS) is 14.5. The minimum atomic E-state index is 0.101. The summed E-state index contributed by atoms with van der Waals surface area (Å²) in [6.07, 6.45) is 3.21. The Kier molecular flexibility index (Phi) is 6.66. The Hall–Kier alpha value is -0.520. The molecule has 0 saturated carbocycles. The molecule has 76 valence electrons. The van der Waals surface area contributed by atoms with Crippen molar-refractivity contribution in [1.82, 2.24) is 5.32 Å². The maximum absolute atomic E-state index is 5.71. The van der Waals surface area contributed by atoms with Gasteiger partial charge in [-0.1, -0.05) is 13.3 Å². The smallest absolute Gasteiger partial charge is 0.0275 e. The zero-order valence-corrected chi connectivity index (χ0v) is 9.11. The van der Waals surface area contributed by atoms with E-state index >= 15 is 0 Å². The van der Waals surface area contributed by atoms with E-state index in [2.05, 4.69) is 31.0 Å². The van der Waals surface area contributed by atoms with Crippen molar-refractivity contribution >= 4 is 0 Å². The van der Waals surface area contributed by atoms with E-state index in [4.69, 9.17) is 5.73 Å². The van der Waals surface area contributed by atoms with Crippen molar-refractivity contribution in [2.24, 2.45) is 5.73 Å². The molecular formula is C11H22N2. The average Bonchev–Trinajstić information content (AvgIpc) is 2.13. The average molecular weight is 182 g/mol. The zero-order chi connectivity index (χ0) is 10.2. The van der Waals surface area contributed by atoms with Crippen molar-refractivity contribution in [1.29, 1.82) is 0 Å². The van der Waals surface area contributed by atoms with Crippen LogP contribution in [0.2, 0.25) is 0 Å². The third-order valence-corrected chi connectivity index (χ3v) is 2.23. The summed E-state index contributed by atoms with van der Waals surface area (Å²) in [6.45, 7) is 7.86. The fraction of sp³-hybridized carbons (Fsp3) is 0.818. The molecule has 0 aliphatic heterocycles. The Morgan fingerprint density at radius 3 is 2.62 bits per heavy atom. The molecule has 0 aromatic rings. The molecule has 2 nitrogen and oxygen atoms in total. The molecule has 1 unspecified atom stereocenters. The van der Waals surface area contributed by atoms with Gasteiger partial charge in [0.15, 0.2) is 0 Å². The summed E-state index contributed by atoms with van der Waals surface area (Å²) in [4.78, 5) is 0. The summed E-state index contributed by atoms with van der Waals surface area (Å²) in [5.41, 5.74) is 5.81. The Morgan fingerprint density at radius 2 is 2.15 bits per heavy atom. The van der Waals surface area contributed by atoms with Crippen LogP contribution in [0.15, 0.2) is 0 Å². The van der Waals surface area contributed by atoms with Crippen molar-refractivity contribution in [3.8, 4) is 11.8 Å². The third-order valence-electron chi connectivity index (χ3n) is 2.23. The molecule has 0 aromatic heterocycles. The number of nitrogens with two attached hydrogens (primary N) is 1. The standard InChI is InChI=1S/C11H22N2/c1-4-6-7-9-13-11(3,10-12)8-5-2/h13H,5,7-10,12H2,1-3H3. The van der Waals surface area contributed by atoms with E-state index in [1.54, 1.807) is 0 Å². The van der Waals surface area contributed by atoms with E-state index in [-0.39, 0.29) is 5.54 Å². The van der Waals surface area contributed by atoms with Gasteiger partial charge in [0.1, 0.15) is 0 Å². The van der Waals surface area contributed by atoms with Gasteiger partial charge in [0.2, 0.25) is 0 Å². The van der Waals surface area contributed by atoms with Gasteiger partial charge in [-0.3, -0.25) is 0 Å². The molecule has 0 aromatic carbocycles. The Balaban J connectivity index is 3.73. The highest BCUT2D eigenvalue weighted by atomic mass is 15.0. The van der Waals surface area contributed by atoms with Gasteiger partial charge in [-0.2, -0.15) is 0 Å². The van der Waals surface area contributed by atoms with Gasteiger partial charge >= 0.3 is 0 Å². The Labute approximate surface area is 82.3 Å². The summed E-state index contributed by atoms with van der Waals surface area (Å²) < 4.78 is 0. The maximum atomic E-state index is 5.71. The topological polar surface area (TPSA) is 38.0 Å². The van der Waals surface area contributed by atoms with Gasteiger partial charge in [-0.15, -0.1) is 11.8 Å². The molecule has 0 saturated heterocycles. The number of rotatable bonds is 6. The van der Waals surface area contributed by atoms with Crippen LogP contribution in [0.25, 0.3) is 0 Å². The van der Waals surface area contributed by atoms with Crippen LogP contribution >= 0.6 is 0 Å². The van der Waals surface area contributed by atoms with Crippen LogP contribution in [-0.2, 0) is 0 Å². The van der Waals surface area contributed by atoms with E-state index in [0.29, 0.717) is 6.54 Å². The molecule has 0 bridgehead atoms. The summed E-state index contributed by atoms with van der Waals surface area (Å²) >= 11 is 0. The number of hydrogen-bond acceptors (Lipinski definition) is 2. The minimum Gasteiger partial charge on any atom is -0.329 e. The molecule has 0 fully saturated rings. The first-order valence-electron chi connectivity index (χ1n) is 5.03. The molecule has 0 amide bonds. The third kappa shape index (κ3) is 5.68. The highest BCUT2D eigenvalue weighted by Gasteiger charge is 2.19. The van der Waals surface area contributed by atoms with Crippen LogP contribution in [0.3, 0.4) is 0 Å². The van der Waals surface area contributed by atoms with Gasteiger partial charge in [-0.05, 0) is 20.3 Å². The van der Waals surface area contributed by atoms with Crippen LogP contribution in [0.1, 0.15) is 40.0 Å². The van der Waals surface area contributed by atoms with E-state index in [1.807, 2.05) is 6.92 Å². The highest BCUT2D eigenvalue weighted by Crippen LogP contribution is 2.09. The van der Waals surface area contributed by atoms with E-state index < -0.39 is 0 Å². The van der Waals surface area contributed by atoms with Crippen molar-refractivity contribution in [3.63, 3.8) is 0 Å². The molecule has 0 heterocycles. The first kappa shape index (κ1) is 12.5. The molecule has 0 aliphatic rings. The predicted molar refractivity (Wildman–Crippen MR) is 58.4 cm³/mol. The molecule has 0 aliphatic carbocycles. The fourth-order valence-electron chi connectivity index (χ4n) is 1.37. The quantitative estimate of drug-likeness (QED) is 0.482. The van der Waals surface area contributed by atoms with E-state index in [9.17, 15) is 0 Å². The van der Waals surface area contributed by atoms with Crippen LogP contribution < -0.4 is 11.1 Å². The van der Waals surface area contributed by atoms with Gasteiger partial charge in [0.05, 0.1) is 0 Å². The minimum absolute atomic E-state index is 0.101. The first-order chi connectivity index (χ1) is 6.18. The monoisotopic (exact) mass is 182 g/mol. The Bertz CT molecular complexity index is 178. The molecule has 13 heavy (non-hydrogen) atoms. The van der Waals surface area contributed by atoms with Crippen molar-refractivity contribution in [2.45, 2.75) is 45.6 Å². The summed E-state index contributed by atoms with van der Waals surface area (Å²) in [5, 5.41) is 3.45. The Morgan fingerprint density at radius 1 is 1.46 bits per heavy atom. The van der Waals surface area contributed by atoms with Crippen LogP contribution in [0.4, 0.5) is 0 Å². The number of nitrogens with one attached hydrogen (secondary N) is 1. The van der Waals surface area contributed by atoms with Gasteiger partial charge < -0.3 is 11.1 Å². The maximum Gasteiger partial charge on any atom is 0.0275 e. The second-order valence-corrected chi connectivity index (χ2v) is 3.62. The van der Waals surface area contributed by atoms with Crippen molar-refractivity contribution in [3.05, 3.63) is 0 Å². The van der Waals surface area contributed by atoms with Gasteiger partial charge in [0, 0.05) is 25.0 Å². The van der Waals surface area contributed by atoms with Gasteiger partial charge in [0.25, 0.3) is 0 Å². The van der Waals surface area contributed by atoms with Crippen LogP contribution in [-0.4, -0.2) is 18.6 Å². The lowest BCUT2D eigenvalue weighted by molar-refractivity contribution is 0.340. The molecule has 0 radical (unpaired) electrons. The summed E-state index contributed by atoms with van der Waals surface area (Å²) in [5.74, 6) is 5.92. The lowest BCUT2D eigenvalue weighted by Crippen LogP contribution is -2.48. The SMILES string of the molecule is CC#CCCNC(C)(CN)CCC. The van der Waals surface area contributed by atoms with E-state index in [0.717, 1.165) is 19.4 Å². The lowest BCUT2D eigenvalue weighted by atomic mass is 9.96. The van der Waals surface area contributed by atoms with E-state index in [1.165, 1.54) is 6.42 Å². The van der Waals surface area contributed by atoms with Crippen LogP contribution in [0, 0.1) is 11.8 Å². The van der Waals surface area contributed by atoms with Crippen molar-refractivity contribution in [2.75, 3.05) is 13.1 Å². The second kappa shape index (κ2) is 6.94. The molecule has 2 heteroatoms. The zero-order valence-electron chi connectivity index (χ0n) is 9.11. The molecule has 0 rings (SSSR count). The molecule has 0 spiro atoms. The fourth-order valence-corrected chi connectivity index (χ4v) is 1.37. The largest absolute Gasteiger partial charge is 0.329 e. The first-order valence-corrected chi connectivity index (χ1v) is 5.03. The molecular weight excluding hydrogens is 160 g/mol. The molecule has 3 N–H and O–H groups in total. The summed E-state index contributed by atoms with van der Waals surface area (Å²) in [6, 6.07) is 0. The second-order valence-electron chi connectivity index (χ2n) is 3.62. The highest BCUT2D eigenvalue weighted by molar-refractivity contribution is 4.96. The van der Waals surface area contributed by atoms with Crippen molar-refractivity contribution < 1.29 is 0 Å². The summed E-state index contributed by atoms with van der Waals surface area (Å²) in [7, 11) is 0.